The van der Waals surface area contributed by atoms with Gasteiger partial charge in [-0.3, -0.25) is 14.8 Å². The van der Waals surface area contributed by atoms with E-state index >= 15 is 0 Å². The van der Waals surface area contributed by atoms with Gasteiger partial charge in [-0.2, -0.15) is 5.10 Å². The van der Waals surface area contributed by atoms with E-state index < -0.39 is 23.1 Å². The van der Waals surface area contributed by atoms with Crippen LogP contribution in [0.15, 0.2) is 24.3 Å². The van der Waals surface area contributed by atoms with Gasteiger partial charge in [0.05, 0.1) is 5.69 Å². The lowest BCUT2D eigenvalue weighted by atomic mass is 9.90. The number of carbonyl (C=O) groups excluding carboxylic acids is 1. The Bertz CT molecular complexity index is 899. The normalized spacial score (nSPS) is 22.5. The highest BCUT2D eigenvalue weighted by Crippen LogP contribution is 2.39. The lowest BCUT2D eigenvalue weighted by molar-refractivity contribution is -0.160. The van der Waals surface area contributed by atoms with Crippen molar-refractivity contribution in [3.05, 3.63) is 52.9 Å². The Morgan fingerprint density at radius 2 is 2.17 bits per heavy atom. The quantitative estimate of drug-likeness (QED) is 0.744. The van der Waals surface area contributed by atoms with Gasteiger partial charge in [-0.1, -0.05) is 12.1 Å². The molecule has 1 saturated heterocycles. The zero-order valence-electron chi connectivity index (χ0n) is 16.5. The number of hydrogen-bond donors (Lipinski definition) is 2. The lowest BCUT2D eigenvalue weighted by Gasteiger charge is -2.40. The highest BCUT2D eigenvalue weighted by atomic mass is 19.2. The number of aromatic amines is 1. The summed E-state index contributed by atoms with van der Waals surface area (Å²) in [5.41, 5.74) is 0.584. The average Bonchev–Trinajstić information content (AvgIpc) is 3.42. The number of hydrogen-bond acceptors (Lipinski definition) is 4. The number of likely N-dealkylation sites (N-methyl/N-ethyl adjacent to an activating group) is 1. The second-order valence-electron chi connectivity index (χ2n) is 8.34. The third kappa shape index (κ3) is 4.33. The Hall–Kier alpha value is -2.32. The summed E-state index contributed by atoms with van der Waals surface area (Å²) >= 11 is 0. The molecule has 1 aromatic carbocycles. The standard InChI is InChI=1S/C21H26F2N4O2/c1-26(12-16-10-18(25-24-16)14-6-7-14)13-21(29)8-3-9-27(20(21)28)11-15-4-2-5-17(22)19(15)23/h2,4-5,10,14,29H,3,6-9,11-13H2,1H3,(H,24,25)/t21-/m0/s1. The second kappa shape index (κ2) is 7.84. The van der Waals surface area contributed by atoms with Gasteiger partial charge in [0.2, 0.25) is 0 Å². The van der Waals surface area contributed by atoms with Gasteiger partial charge >= 0.3 is 0 Å². The molecule has 1 saturated carbocycles. The van der Waals surface area contributed by atoms with Gasteiger partial charge in [0, 0.05) is 43.4 Å². The van der Waals surface area contributed by atoms with Gasteiger partial charge < -0.3 is 10.0 Å². The number of likely N-dealkylation sites (tertiary alicyclic amines) is 1. The van der Waals surface area contributed by atoms with Gasteiger partial charge in [-0.15, -0.1) is 0 Å². The molecule has 4 rings (SSSR count). The van der Waals surface area contributed by atoms with Crippen LogP contribution in [0.25, 0.3) is 0 Å². The number of nitrogens with one attached hydrogen (secondary N) is 1. The van der Waals surface area contributed by atoms with Crippen molar-refractivity contribution in [1.82, 2.24) is 20.0 Å². The van der Waals surface area contributed by atoms with Crippen LogP contribution in [-0.4, -0.2) is 56.7 Å². The van der Waals surface area contributed by atoms with Crippen molar-refractivity contribution in [3.63, 3.8) is 0 Å². The summed E-state index contributed by atoms with van der Waals surface area (Å²) in [5.74, 6) is -1.77. The molecule has 156 valence electrons. The van der Waals surface area contributed by atoms with Crippen molar-refractivity contribution in [1.29, 1.82) is 0 Å². The van der Waals surface area contributed by atoms with E-state index in [1.165, 1.54) is 29.9 Å². The first-order valence-corrected chi connectivity index (χ1v) is 10.0. The molecular weight excluding hydrogens is 378 g/mol. The van der Waals surface area contributed by atoms with Crippen LogP contribution in [-0.2, 0) is 17.9 Å². The van der Waals surface area contributed by atoms with Crippen LogP contribution in [0.3, 0.4) is 0 Å². The van der Waals surface area contributed by atoms with E-state index in [9.17, 15) is 18.7 Å². The molecule has 2 fully saturated rings. The van der Waals surface area contributed by atoms with Crippen LogP contribution in [0, 0.1) is 11.6 Å². The number of nitrogens with zero attached hydrogens (tertiary/aromatic N) is 3. The summed E-state index contributed by atoms with van der Waals surface area (Å²) in [7, 11) is 1.84. The van der Waals surface area contributed by atoms with Crippen molar-refractivity contribution in [2.24, 2.45) is 0 Å². The van der Waals surface area contributed by atoms with Gasteiger partial charge in [0.1, 0.15) is 0 Å². The van der Waals surface area contributed by atoms with Gasteiger partial charge in [0.15, 0.2) is 17.2 Å². The monoisotopic (exact) mass is 404 g/mol. The molecule has 0 bridgehead atoms. The van der Waals surface area contributed by atoms with Crippen LogP contribution in [0.4, 0.5) is 8.78 Å². The Morgan fingerprint density at radius 3 is 2.93 bits per heavy atom. The number of benzene rings is 1. The van der Waals surface area contributed by atoms with Crippen LogP contribution in [0.5, 0.6) is 0 Å². The van der Waals surface area contributed by atoms with Crippen LogP contribution in [0.1, 0.15) is 48.6 Å². The molecule has 1 aliphatic carbocycles. The molecule has 2 heterocycles. The van der Waals surface area contributed by atoms with Crippen molar-refractivity contribution < 1.29 is 18.7 Å². The molecular formula is C21H26F2N4O2. The Morgan fingerprint density at radius 1 is 1.38 bits per heavy atom. The SMILES string of the molecule is CN(Cc1cc(C2CC2)n[nH]1)C[C@@]1(O)CCCN(Cc2cccc(F)c2F)C1=O. The molecule has 0 radical (unpaired) electrons. The van der Waals surface area contributed by atoms with E-state index in [0.29, 0.717) is 31.8 Å². The highest BCUT2D eigenvalue weighted by Gasteiger charge is 2.43. The predicted molar refractivity (Wildman–Crippen MR) is 103 cm³/mol. The largest absolute Gasteiger partial charge is 0.379 e. The fraction of sp³-hybridized carbons (Fsp3) is 0.524. The molecule has 1 aromatic heterocycles. The summed E-state index contributed by atoms with van der Waals surface area (Å²) in [6.45, 7) is 1.05. The number of rotatable bonds is 7. The maximum atomic E-state index is 14.0. The van der Waals surface area contributed by atoms with Gasteiger partial charge in [-0.05, 0) is 44.9 Å². The van der Waals surface area contributed by atoms with Crippen LogP contribution >= 0.6 is 0 Å². The highest BCUT2D eigenvalue weighted by molar-refractivity contribution is 5.86. The molecule has 1 aliphatic heterocycles. The molecule has 2 aliphatic rings. The maximum Gasteiger partial charge on any atom is 0.256 e. The van der Waals surface area contributed by atoms with Crippen molar-refractivity contribution in [2.75, 3.05) is 20.1 Å². The minimum absolute atomic E-state index is 0.0558. The number of aliphatic hydroxyl groups is 1. The molecule has 1 amide bonds. The molecule has 0 unspecified atom stereocenters. The first kappa shape index (κ1) is 20.0. The van der Waals surface area contributed by atoms with E-state index in [-0.39, 0.29) is 18.7 Å². The Kier molecular flexibility index (Phi) is 5.40. The van der Waals surface area contributed by atoms with Crippen molar-refractivity contribution in [2.45, 2.75) is 50.3 Å². The summed E-state index contributed by atoms with van der Waals surface area (Å²) in [5, 5.41) is 18.4. The number of carbonyl (C=O) groups is 1. The van der Waals surface area contributed by atoms with Crippen molar-refractivity contribution in [3.8, 4) is 0 Å². The molecule has 0 spiro atoms. The van der Waals surface area contributed by atoms with Gasteiger partial charge in [-0.25, -0.2) is 8.78 Å². The zero-order chi connectivity index (χ0) is 20.6. The number of aromatic nitrogens is 2. The first-order valence-electron chi connectivity index (χ1n) is 10.0. The minimum Gasteiger partial charge on any atom is -0.379 e. The van der Waals surface area contributed by atoms with E-state index in [4.69, 9.17) is 0 Å². The topological polar surface area (TPSA) is 72.5 Å². The number of piperidine rings is 1. The zero-order valence-corrected chi connectivity index (χ0v) is 16.5. The molecule has 29 heavy (non-hydrogen) atoms. The van der Waals surface area contributed by atoms with E-state index in [0.717, 1.165) is 17.5 Å². The van der Waals surface area contributed by atoms with E-state index in [2.05, 4.69) is 10.2 Å². The second-order valence-corrected chi connectivity index (χ2v) is 8.34. The fourth-order valence-electron chi connectivity index (χ4n) is 4.08. The van der Waals surface area contributed by atoms with E-state index in [1.807, 2.05) is 18.0 Å². The molecule has 8 heteroatoms. The van der Waals surface area contributed by atoms with Crippen molar-refractivity contribution >= 4 is 5.91 Å². The smallest absolute Gasteiger partial charge is 0.256 e. The first-order chi connectivity index (χ1) is 13.9. The number of H-pyrrole nitrogens is 1. The third-order valence-corrected chi connectivity index (χ3v) is 5.71. The Labute approximate surface area is 168 Å². The maximum absolute atomic E-state index is 14.0. The Balaban J connectivity index is 1.40. The lowest BCUT2D eigenvalue weighted by Crippen LogP contribution is -2.57. The van der Waals surface area contributed by atoms with Crippen LogP contribution < -0.4 is 0 Å². The summed E-state index contributed by atoms with van der Waals surface area (Å²) in [6, 6.07) is 5.97. The fourth-order valence-corrected chi connectivity index (χ4v) is 4.08. The van der Waals surface area contributed by atoms with Gasteiger partial charge in [0.25, 0.3) is 5.91 Å². The number of amides is 1. The summed E-state index contributed by atoms with van der Waals surface area (Å²) in [4.78, 5) is 16.2. The molecule has 2 aromatic rings. The summed E-state index contributed by atoms with van der Waals surface area (Å²) < 4.78 is 27.5. The third-order valence-electron chi connectivity index (χ3n) is 5.71. The van der Waals surface area contributed by atoms with E-state index in [1.54, 1.807) is 0 Å². The number of halogens is 2. The van der Waals surface area contributed by atoms with Crippen LogP contribution in [0.2, 0.25) is 0 Å². The minimum atomic E-state index is -1.55. The molecule has 6 nitrogen and oxygen atoms in total. The molecule has 2 N–H and O–H groups in total. The average molecular weight is 404 g/mol. The predicted octanol–water partition coefficient (Wildman–Crippen LogP) is 2.55. The summed E-state index contributed by atoms with van der Waals surface area (Å²) in [6.07, 6.45) is 3.30. The molecule has 1 atom stereocenters.